The fourth-order valence-electron chi connectivity index (χ4n) is 6.54. The second kappa shape index (κ2) is 12.7. The summed E-state index contributed by atoms with van der Waals surface area (Å²) in [5, 5.41) is 17.7. The first-order valence-corrected chi connectivity index (χ1v) is 15.9. The summed E-state index contributed by atoms with van der Waals surface area (Å²) in [6.45, 7) is 8.56. The average Bonchev–Trinajstić information content (AvgIpc) is 3.68. The van der Waals surface area contributed by atoms with Crippen LogP contribution in [0.5, 0.6) is 0 Å². The highest BCUT2D eigenvalue weighted by molar-refractivity contribution is 9.09. The van der Waals surface area contributed by atoms with Gasteiger partial charge in [-0.1, -0.05) is 45.4 Å². The van der Waals surface area contributed by atoms with Gasteiger partial charge in [-0.3, -0.25) is 14.4 Å². The third kappa shape index (κ3) is 5.34. The number of halogens is 1. The van der Waals surface area contributed by atoms with Crippen LogP contribution in [0.1, 0.15) is 32.1 Å². The van der Waals surface area contributed by atoms with Gasteiger partial charge in [-0.25, -0.2) is 4.68 Å². The van der Waals surface area contributed by atoms with Gasteiger partial charge >= 0.3 is 5.97 Å². The maximum atomic E-state index is 14.6. The van der Waals surface area contributed by atoms with Gasteiger partial charge in [-0.05, 0) is 44.2 Å². The Kier molecular flexibility index (Phi) is 9.20. The van der Waals surface area contributed by atoms with Gasteiger partial charge < -0.3 is 19.6 Å². The van der Waals surface area contributed by atoms with Gasteiger partial charge in [-0.15, -0.1) is 30.0 Å². The van der Waals surface area contributed by atoms with Gasteiger partial charge in [0.1, 0.15) is 18.2 Å². The molecular formula is C29H36BrN5O5S. The van der Waals surface area contributed by atoms with Crippen molar-refractivity contribution in [1.29, 1.82) is 0 Å². The highest BCUT2D eigenvalue weighted by Gasteiger charge is 2.76. The molecule has 220 valence electrons. The summed E-state index contributed by atoms with van der Waals surface area (Å²) < 4.78 is 6.56. The van der Waals surface area contributed by atoms with Crippen molar-refractivity contribution in [3.8, 4) is 0 Å². The van der Waals surface area contributed by atoms with Crippen LogP contribution >= 0.6 is 27.7 Å². The summed E-state index contributed by atoms with van der Waals surface area (Å²) >= 11 is 5.37. The number of benzene rings is 1. The number of aromatic nitrogens is 3. The van der Waals surface area contributed by atoms with Crippen LogP contribution in [0.25, 0.3) is 11.0 Å². The molecule has 4 heterocycles. The van der Waals surface area contributed by atoms with E-state index in [0.29, 0.717) is 32.2 Å². The summed E-state index contributed by atoms with van der Waals surface area (Å²) in [7, 11) is 0. The number of hydrogen-bond donors (Lipinski definition) is 1. The van der Waals surface area contributed by atoms with Crippen LogP contribution in [0.4, 0.5) is 0 Å². The van der Waals surface area contributed by atoms with E-state index >= 15 is 0 Å². The largest absolute Gasteiger partial charge is 0.465 e. The lowest BCUT2D eigenvalue weighted by Gasteiger charge is -2.37. The monoisotopic (exact) mass is 645 g/mol. The number of alkyl halides is 1. The Labute approximate surface area is 252 Å². The molecule has 1 spiro atoms. The fraction of sp³-hybridized carbons (Fsp3) is 0.552. The number of amides is 2. The number of likely N-dealkylation sites (tertiary alicyclic amines) is 1. The van der Waals surface area contributed by atoms with E-state index in [9.17, 15) is 19.5 Å². The van der Waals surface area contributed by atoms with E-state index in [-0.39, 0.29) is 54.3 Å². The molecule has 3 aliphatic rings. The lowest BCUT2D eigenvalue weighted by Crippen LogP contribution is -2.55. The molecule has 0 aliphatic carbocycles. The Balaban J connectivity index is 1.47. The number of para-hydroxylation sites is 1. The number of fused-ring (bicyclic) bond motifs is 2. The third-order valence-electron chi connectivity index (χ3n) is 8.29. The first-order valence-electron chi connectivity index (χ1n) is 14.1. The molecule has 2 amide bonds. The number of unbranched alkanes of at least 4 members (excludes halogenated alkanes) is 2. The number of carbonyl (C=O) groups is 3. The lowest BCUT2D eigenvalue weighted by atomic mass is 9.71. The van der Waals surface area contributed by atoms with Gasteiger partial charge in [0.15, 0.2) is 0 Å². The van der Waals surface area contributed by atoms with Crippen molar-refractivity contribution < 1.29 is 24.2 Å². The first kappa shape index (κ1) is 29.8. The number of aliphatic hydroxyl groups excluding tert-OH is 1. The first-order chi connectivity index (χ1) is 19.9. The zero-order valence-electron chi connectivity index (χ0n) is 22.9. The number of ether oxygens (including phenoxy) is 1. The van der Waals surface area contributed by atoms with Crippen LogP contribution in [0.3, 0.4) is 0 Å². The summed E-state index contributed by atoms with van der Waals surface area (Å²) in [5.74, 6) is -2.07. The number of allylic oxidation sites excluding steroid dienone is 1. The average molecular weight is 647 g/mol. The second-order valence-electron chi connectivity index (χ2n) is 10.8. The SMILES string of the molecule is C=CCCCOC(=O)[C@H]1[C@H]2C(=O)N(CCCCO)C(C(=O)N(CC=C)Cn3nnc4ccccc43)C23CC(Br)[C@@H]1S3. The number of esters is 1. The van der Waals surface area contributed by atoms with Crippen LogP contribution in [0.15, 0.2) is 49.6 Å². The van der Waals surface area contributed by atoms with Gasteiger partial charge in [0.25, 0.3) is 0 Å². The highest BCUT2D eigenvalue weighted by Crippen LogP contribution is 2.68. The summed E-state index contributed by atoms with van der Waals surface area (Å²) in [6.07, 6.45) is 6.49. The smallest absolute Gasteiger partial charge is 0.310 e. The quantitative estimate of drug-likeness (QED) is 0.144. The van der Waals surface area contributed by atoms with E-state index in [1.807, 2.05) is 24.3 Å². The molecule has 41 heavy (non-hydrogen) atoms. The molecule has 5 rings (SSSR count). The molecule has 1 N–H and O–H groups in total. The molecule has 12 heteroatoms. The lowest BCUT2D eigenvalue weighted by molar-refractivity contribution is -0.154. The number of carbonyl (C=O) groups excluding carboxylic acids is 3. The predicted molar refractivity (Wildman–Crippen MR) is 160 cm³/mol. The third-order valence-corrected chi connectivity index (χ3v) is 11.5. The molecule has 3 saturated heterocycles. The molecule has 1 aromatic heterocycles. The molecule has 0 saturated carbocycles. The maximum absolute atomic E-state index is 14.6. The van der Waals surface area contributed by atoms with Crippen molar-refractivity contribution >= 4 is 56.5 Å². The maximum Gasteiger partial charge on any atom is 0.310 e. The highest BCUT2D eigenvalue weighted by atomic mass is 79.9. The second-order valence-corrected chi connectivity index (χ2v) is 13.5. The number of hydrogen-bond acceptors (Lipinski definition) is 8. The van der Waals surface area contributed by atoms with Gasteiger partial charge in [-0.2, -0.15) is 0 Å². The fourth-order valence-corrected chi connectivity index (χ4v) is 10.1. The molecule has 3 aliphatic heterocycles. The minimum atomic E-state index is -0.777. The zero-order chi connectivity index (χ0) is 29.1. The van der Waals surface area contributed by atoms with Crippen molar-refractivity contribution in [3.05, 3.63) is 49.6 Å². The topological polar surface area (TPSA) is 118 Å². The molecule has 2 aromatic rings. The Morgan fingerprint density at radius 2 is 2.05 bits per heavy atom. The van der Waals surface area contributed by atoms with Crippen molar-refractivity contribution in [2.45, 2.75) is 59.6 Å². The van der Waals surface area contributed by atoms with Gasteiger partial charge in [0.05, 0.1) is 28.7 Å². The normalized spacial score (nSPS) is 28.2. The number of rotatable bonds is 14. The Bertz CT molecular complexity index is 1320. The van der Waals surface area contributed by atoms with Crippen LogP contribution in [-0.2, 0) is 25.8 Å². The van der Waals surface area contributed by atoms with Crippen LogP contribution < -0.4 is 0 Å². The number of nitrogens with zero attached hydrogens (tertiary/aromatic N) is 5. The van der Waals surface area contributed by atoms with Crippen molar-refractivity contribution in [2.75, 3.05) is 26.3 Å². The molecule has 3 unspecified atom stereocenters. The van der Waals surface area contributed by atoms with E-state index in [4.69, 9.17) is 4.74 Å². The van der Waals surface area contributed by atoms with Crippen molar-refractivity contribution in [1.82, 2.24) is 24.8 Å². The number of aliphatic hydroxyl groups is 1. The molecule has 6 atom stereocenters. The molecule has 0 radical (unpaired) electrons. The zero-order valence-corrected chi connectivity index (χ0v) is 25.3. The van der Waals surface area contributed by atoms with Crippen LogP contribution in [0.2, 0.25) is 0 Å². The van der Waals surface area contributed by atoms with Gasteiger partial charge in [0, 0.05) is 29.8 Å². The molecular weight excluding hydrogens is 610 g/mol. The molecule has 3 fully saturated rings. The van der Waals surface area contributed by atoms with E-state index in [0.717, 1.165) is 17.5 Å². The summed E-state index contributed by atoms with van der Waals surface area (Å²) in [6, 6.07) is 6.76. The predicted octanol–water partition coefficient (Wildman–Crippen LogP) is 3.15. The van der Waals surface area contributed by atoms with E-state index in [1.54, 1.807) is 38.4 Å². The Morgan fingerprint density at radius 3 is 2.80 bits per heavy atom. The van der Waals surface area contributed by atoms with E-state index in [2.05, 4.69) is 39.4 Å². The van der Waals surface area contributed by atoms with Crippen LogP contribution in [-0.4, -0.2) is 94.9 Å². The minimum Gasteiger partial charge on any atom is -0.465 e. The summed E-state index contributed by atoms with van der Waals surface area (Å²) in [5.41, 5.74) is 1.52. The van der Waals surface area contributed by atoms with Crippen molar-refractivity contribution in [2.24, 2.45) is 11.8 Å². The standard InChI is InChI=1S/C29H36BrN5O5S/c1-3-5-10-16-40-28(39)22-23-26(37)34(14-8-9-15-36)25(29(23)17-19(30)24(22)41-29)27(38)33(13-4-2)18-35-21-12-7-6-11-20(21)31-32-35/h3-4,6-7,11-12,19,22-25,36H,1-2,5,8-10,13-18H2/t19?,22-,23-,24-,25?,29?/m0/s1. The van der Waals surface area contributed by atoms with Crippen LogP contribution in [0, 0.1) is 11.8 Å². The molecule has 1 aromatic carbocycles. The summed E-state index contributed by atoms with van der Waals surface area (Å²) in [4.78, 5) is 45.4. The van der Waals surface area contributed by atoms with Gasteiger partial charge in [0.2, 0.25) is 11.8 Å². The minimum absolute atomic E-state index is 0.00284. The number of thioether (sulfide) groups is 1. The van der Waals surface area contributed by atoms with E-state index < -0.39 is 22.6 Å². The Morgan fingerprint density at radius 1 is 1.24 bits per heavy atom. The molecule has 10 nitrogen and oxygen atoms in total. The molecule has 2 bridgehead atoms. The Hall–Kier alpha value is -2.70. The van der Waals surface area contributed by atoms with E-state index in [1.165, 1.54) is 0 Å². The van der Waals surface area contributed by atoms with Crippen molar-refractivity contribution in [3.63, 3.8) is 0 Å².